The largest absolute Gasteiger partial charge is 0.493 e. The molecule has 2 aromatic rings. The molecule has 0 spiro atoms. The van der Waals surface area contributed by atoms with Gasteiger partial charge in [0.2, 0.25) is 0 Å². The number of benzene rings is 2. The van der Waals surface area contributed by atoms with Crippen LogP contribution in [-0.4, -0.2) is 24.8 Å². The van der Waals surface area contributed by atoms with Gasteiger partial charge in [-0.2, -0.15) is 0 Å². The Balaban J connectivity index is 2.88. The molecule has 0 aliphatic heterocycles. The van der Waals surface area contributed by atoms with Gasteiger partial charge in [-0.05, 0) is 62.1 Å². The van der Waals surface area contributed by atoms with E-state index in [1.165, 1.54) is 0 Å². The molecule has 0 unspecified atom stereocenters. The third-order valence-electron chi connectivity index (χ3n) is 5.23. The van der Waals surface area contributed by atoms with Crippen molar-refractivity contribution in [3.05, 3.63) is 83.0 Å². The maximum absolute atomic E-state index is 13.2. The van der Waals surface area contributed by atoms with Gasteiger partial charge in [0, 0.05) is 5.41 Å². The zero-order valence-corrected chi connectivity index (χ0v) is 19.4. The number of hydrogen-bond donors (Lipinski definition) is 0. The van der Waals surface area contributed by atoms with Crippen molar-refractivity contribution in [3.63, 3.8) is 0 Å². The summed E-state index contributed by atoms with van der Waals surface area (Å²) in [5.74, 6) is 0.659. The maximum atomic E-state index is 13.2. The van der Waals surface area contributed by atoms with Crippen molar-refractivity contribution < 1.29 is 19.1 Å². The third-order valence-corrected chi connectivity index (χ3v) is 5.23. The molecule has 31 heavy (non-hydrogen) atoms. The predicted octanol–water partition coefficient (Wildman–Crippen LogP) is 6.33. The van der Waals surface area contributed by atoms with Crippen molar-refractivity contribution >= 4 is 11.6 Å². The second kappa shape index (κ2) is 9.78. The fraction of sp³-hybridized carbons (Fsp3) is 0.333. The van der Waals surface area contributed by atoms with Gasteiger partial charge in [0.1, 0.15) is 11.5 Å². The highest BCUT2D eigenvalue weighted by Gasteiger charge is 2.34. The quantitative estimate of drug-likeness (QED) is 0.333. The molecule has 4 nitrogen and oxygen atoms in total. The SMILES string of the molecule is C=C(C)C(=O)c1c(OCC)cccc1C(C)(C)c1cccc(OCC)c1C(=O)C(=C)C. The van der Waals surface area contributed by atoms with Crippen LogP contribution >= 0.6 is 0 Å². The van der Waals surface area contributed by atoms with Gasteiger partial charge in [-0.15, -0.1) is 0 Å². The molecule has 4 heteroatoms. The number of ether oxygens (including phenoxy) is 2. The Morgan fingerprint density at radius 1 is 0.774 bits per heavy atom. The van der Waals surface area contributed by atoms with Crippen molar-refractivity contribution in [3.8, 4) is 11.5 Å². The van der Waals surface area contributed by atoms with E-state index in [4.69, 9.17) is 9.47 Å². The third kappa shape index (κ3) is 4.79. The molecule has 0 bridgehead atoms. The molecule has 2 aromatic carbocycles. The minimum absolute atomic E-state index is 0.180. The highest BCUT2D eigenvalue weighted by atomic mass is 16.5. The molecular formula is C27H32O4. The van der Waals surface area contributed by atoms with E-state index in [9.17, 15) is 9.59 Å². The predicted molar refractivity (Wildman–Crippen MR) is 126 cm³/mol. The fourth-order valence-corrected chi connectivity index (χ4v) is 3.70. The first-order chi connectivity index (χ1) is 14.6. The van der Waals surface area contributed by atoms with Crippen molar-refractivity contribution in [1.29, 1.82) is 0 Å². The number of ketones is 2. The molecule has 0 atom stereocenters. The average molecular weight is 421 g/mol. The molecule has 0 saturated heterocycles. The lowest BCUT2D eigenvalue weighted by Crippen LogP contribution is -2.26. The summed E-state index contributed by atoms with van der Waals surface area (Å²) in [6.45, 7) is 19.7. The highest BCUT2D eigenvalue weighted by molar-refractivity contribution is 6.12. The van der Waals surface area contributed by atoms with Gasteiger partial charge in [-0.25, -0.2) is 0 Å². The van der Waals surface area contributed by atoms with Crippen LogP contribution < -0.4 is 9.47 Å². The van der Waals surface area contributed by atoms with Crippen LogP contribution in [0, 0.1) is 0 Å². The smallest absolute Gasteiger partial charge is 0.192 e. The van der Waals surface area contributed by atoms with E-state index in [0.717, 1.165) is 11.1 Å². The normalized spacial score (nSPS) is 11.0. The number of Topliss-reactive ketones (excluding diaryl/α,β-unsaturated/α-hetero) is 2. The monoisotopic (exact) mass is 420 g/mol. The van der Waals surface area contributed by atoms with Gasteiger partial charge in [0.15, 0.2) is 11.6 Å². The van der Waals surface area contributed by atoms with Crippen LogP contribution in [0.2, 0.25) is 0 Å². The summed E-state index contributed by atoms with van der Waals surface area (Å²) in [5.41, 5.74) is 2.60. The van der Waals surface area contributed by atoms with Gasteiger partial charge in [0.25, 0.3) is 0 Å². The number of allylic oxidation sites excluding steroid dienone is 2. The molecular weight excluding hydrogens is 388 g/mol. The van der Waals surface area contributed by atoms with E-state index in [1.807, 2.05) is 52.0 Å². The standard InChI is InChI=1S/C27H32O4/c1-9-30-21-15-11-13-19(23(21)25(28)17(3)4)27(7,8)20-14-12-16-22(31-10-2)24(20)26(29)18(5)6/h11-16H,3,5,9-10H2,1-2,4,6-8H3. The molecule has 0 aliphatic rings. The first kappa shape index (κ1) is 24.1. The van der Waals surface area contributed by atoms with Crippen LogP contribution in [0.1, 0.15) is 73.4 Å². The van der Waals surface area contributed by atoms with Crippen LogP contribution in [0.4, 0.5) is 0 Å². The molecule has 0 aromatic heterocycles. The van der Waals surface area contributed by atoms with E-state index in [-0.39, 0.29) is 11.6 Å². The van der Waals surface area contributed by atoms with Crippen LogP contribution in [0.15, 0.2) is 60.7 Å². The summed E-state index contributed by atoms with van der Waals surface area (Å²) in [7, 11) is 0. The molecule has 0 saturated carbocycles. The molecule has 0 radical (unpaired) electrons. The van der Waals surface area contributed by atoms with Gasteiger partial charge >= 0.3 is 0 Å². The Labute approximate surface area is 185 Å². The lowest BCUT2D eigenvalue weighted by Gasteiger charge is -2.31. The van der Waals surface area contributed by atoms with Crippen molar-refractivity contribution in [1.82, 2.24) is 0 Å². The number of hydrogen-bond acceptors (Lipinski definition) is 4. The zero-order valence-electron chi connectivity index (χ0n) is 19.4. The first-order valence-electron chi connectivity index (χ1n) is 10.5. The van der Waals surface area contributed by atoms with E-state index >= 15 is 0 Å². The Kier molecular flexibility index (Phi) is 7.61. The highest BCUT2D eigenvalue weighted by Crippen LogP contribution is 2.42. The molecule has 0 fully saturated rings. The number of carbonyl (C=O) groups is 2. The van der Waals surface area contributed by atoms with E-state index in [1.54, 1.807) is 26.0 Å². The van der Waals surface area contributed by atoms with Gasteiger partial charge in [-0.3, -0.25) is 9.59 Å². The van der Waals surface area contributed by atoms with Crippen LogP contribution in [0.25, 0.3) is 0 Å². The summed E-state index contributed by atoms with van der Waals surface area (Å²) in [5, 5.41) is 0. The second-order valence-electron chi connectivity index (χ2n) is 8.07. The van der Waals surface area contributed by atoms with Crippen LogP contribution in [-0.2, 0) is 5.41 Å². The summed E-state index contributed by atoms with van der Waals surface area (Å²) in [6.07, 6.45) is 0. The van der Waals surface area contributed by atoms with E-state index in [2.05, 4.69) is 13.2 Å². The van der Waals surface area contributed by atoms with Crippen molar-refractivity contribution in [2.24, 2.45) is 0 Å². The van der Waals surface area contributed by atoms with Crippen LogP contribution in [0.3, 0.4) is 0 Å². The summed E-state index contributed by atoms with van der Waals surface area (Å²) < 4.78 is 11.6. The van der Waals surface area contributed by atoms with Gasteiger partial charge < -0.3 is 9.47 Å². The Morgan fingerprint density at radius 3 is 1.42 bits per heavy atom. The van der Waals surface area contributed by atoms with Crippen LogP contribution in [0.5, 0.6) is 11.5 Å². The maximum Gasteiger partial charge on any atom is 0.192 e. The average Bonchev–Trinajstić information content (AvgIpc) is 2.72. The molecule has 0 N–H and O–H groups in total. The minimum Gasteiger partial charge on any atom is -0.493 e. The Bertz CT molecular complexity index is 946. The fourth-order valence-electron chi connectivity index (χ4n) is 3.70. The Hall–Kier alpha value is -3.14. The first-order valence-corrected chi connectivity index (χ1v) is 10.5. The van der Waals surface area contributed by atoms with Gasteiger partial charge in [-0.1, -0.05) is 51.3 Å². The molecule has 0 amide bonds. The minimum atomic E-state index is -0.707. The van der Waals surface area contributed by atoms with E-state index < -0.39 is 5.41 Å². The summed E-state index contributed by atoms with van der Waals surface area (Å²) in [4.78, 5) is 26.3. The van der Waals surface area contributed by atoms with Crippen molar-refractivity contribution in [2.45, 2.75) is 47.0 Å². The molecule has 0 aliphatic carbocycles. The molecule has 2 rings (SSSR count). The summed E-state index contributed by atoms with van der Waals surface area (Å²) in [6, 6.07) is 11.1. The zero-order chi connectivity index (χ0) is 23.3. The van der Waals surface area contributed by atoms with Gasteiger partial charge in [0.05, 0.1) is 24.3 Å². The number of carbonyl (C=O) groups excluding carboxylic acids is 2. The summed E-state index contributed by atoms with van der Waals surface area (Å²) >= 11 is 0. The lowest BCUT2D eigenvalue weighted by molar-refractivity contribution is 0.102. The Morgan fingerprint density at radius 2 is 1.13 bits per heavy atom. The lowest BCUT2D eigenvalue weighted by atomic mass is 9.72. The second-order valence-corrected chi connectivity index (χ2v) is 8.07. The topological polar surface area (TPSA) is 52.6 Å². The van der Waals surface area contributed by atoms with Crippen molar-refractivity contribution in [2.75, 3.05) is 13.2 Å². The van der Waals surface area contributed by atoms with E-state index in [0.29, 0.717) is 47.0 Å². The molecule has 0 heterocycles. The molecule has 164 valence electrons. The number of rotatable bonds is 10.